The Morgan fingerprint density at radius 1 is 1.59 bits per heavy atom. The first-order valence-electron chi connectivity index (χ1n) is 4.82. The van der Waals surface area contributed by atoms with Crippen molar-refractivity contribution in [3.63, 3.8) is 0 Å². The number of benzene rings is 1. The van der Waals surface area contributed by atoms with E-state index in [2.05, 4.69) is 4.72 Å². The lowest BCUT2D eigenvalue weighted by Gasteiger charge is -2.10. The number of sulfonamides is 1. The van der Waals surface area contributed by atoms with Crippen LogP contribution in [0.25, 0.3) is 0 Å². The van der Waals surface area contributed by atoms with Crippen molar-refractivity contribution < 1.29 is 12.8 Å². The van der Waals surface area contributed by atoms with Crippen LogP contribution in [0.15, 0.2) is 23.1 Å². The van der Waals surface area contributed by atoms with Crippen LogP contribution in [0.4, 0.5) is 4.39 Å². The van der Waals surface area contributed by atoms with Gasteiger partial charge < -0.3 is 5.73 Å². The molecule has 0 saturated heterocycles. The van der Waals surface area contributed by atoms with Crippen LogP contribution in [0.5, 0.6) is 0 Å². The molecule has 0 amide bonds. The van der Waals surface area contributed by atoms with Crippen molar-refractivity contribution in [2.75, 3.05) is 6.54 Å². The highest BCUT2D eigenvalue weighted by molar-refractivity contribution is 7.89. The second kappa shape index (κ2) is 5.23. The zero-order valence-corrected chi connectivity index (χ0v) is 9.96. The highest BCUT2D eigenvalue weighted by Gasteiger charge is 2.20. The van der Waals surface area contributed by atoms with Gasteiger partial charge in [-0.05, 0) is 19.1 Å². The molecule has 0 aliphatic carbocycles. The van der Waals surface area contributed by atoms with E-state index in [1.54, 1.807) is 6.92 Å². The minimum absolute atomic E-state index is 0.0176. The summed E-state index contributed by atoms with van der Waals surface area (Å²) >= 11 is 0. The fourth-order valence-corrected chi connectivity index (χ4v) is 2.46. The van der Waals surface area contributed by atoms with Gasteiger partial charge in [-0.25, -0.2) is 17.5 Å². The zero-order valence-electron chi connectivity index (χ0n) is 9.14. The molecule has 0 aliphatic rings. The third-order valence-electron chi connectivity index (χ3n) is 1.97. The lowest BCUT2D eigenvalue weighted by Crippen LogP contribution is -2.35. The number of nitriles is 1. The van der Waals surface area contributed by atoms with Crippen LogP contribution in [0.3, 0.4) is 0 Å². The maximum Gasteiger partial charge on any atom is 0.242 e. The molecule has 1 aromatic rings. The monoisotopic (exact) mass is 257 g/mol. The van der Waals surface area contributed by atoms with E-state index in [9.17, 15) is 12.8 Å². The van der Waals surface area contributed by atoms with Gasteiger partial charge in [-0.2, -0.15) is 5.26 Å². The summed E-state index contributed by atoms with van der Waals surface area (Å²) in [6.07, 6.45) is 0. The van der Waals surface area contributed by atoms with E-state index >= 15 is 0 Å². The Kier molecular flexibility index (Phi) is 4.17. The van der Waals surface area contributed by atoms with Crippen molar-refractivity contribution in [3.8, 4) is 6.07 Å². The van der Waals surface area contributed by atoms with E-state index in [0.29, 0.717) is 0 Å². The molecule has 0 bridgehead atoms. The predicted octanol–water partition coefficient (Wildman–Crippen LogP) is 0.323. The minimum atomic E-state index is -3.91. The van der Waals surface area contributed by atoms with Crippen LogP contribution in [0.2, 0.25) is 0 Å². The summed E-state index contributed by atoms with van der Waals surface area (Å²) in [4.78, 5) is -0.374. The van der Waals surface area contributed by atoms with Crippen molar-refractivity contribution in [1.29, 1.82) is 5.26 Å². The standard InChI is InChI=1S/C10H12FN3O2S/c1-7(13)6-14-17(15,16)10-4-2-3-9(11)8(10)5-12/h2-4,7,14H,6,13H2,1H3. The maximum absolute atomic E-state index is 13.2. The molecule has 17 heavy (non-hydrogen) atoms. The number of nitrogens with zero attached hydrogens (tertiary/aromatic N) is 1. The molecule has 0 fully saturated rings. The number of rotatable bonds is 4. The van der Waals surface area contributed by atoms with Gasteiger partial charge >= 0.3 is 0 Å². The molecule has 0 aliphatic heterocycles. The molecule has 0 spiro atoms. The molecular weight excluding hydrogens is 245 g/mol. The van der Waals surface area contributed by atoms with Gasteiger partial charge in [0.1, 0.15) is 22.3 Å². The summed E-state index contributed by atoms with van der Waals surface area (Å²) < 4.78 is 39.0. The van der Waals surface area contributed by atoms with Gasteiger partial charge in [0.15, 0.2) is 0 Å². The topological polar surface area (TPSA) is 96.0 Å². The number of halogens is 1. The third-order valence-corrected chi connectivity index (χ3v) is 3.44. The van der Waals surface area contributed by atoms with Crippen LogP contribution in [-0.2, 0) is 10.0 Å². The maximum atomic E-state index is 13.2. The van der Waals surface area contributed by atoms with Crippen LogP contribution in [-0.4, -0.2) is 21.0 Å². The van der Waals surface area contributed by atoms with E-state index in [0.717, 1.165) is 6.07 Å². The Hall–Kier alpha value is -1.49. The first kappa shape index (κ1) is 13.6. The molecule has 3 N–H and O–H groups in total. The first-order chi connectivity index (χ1) is 7.88. The minimum Gasteiger partial charge on any atom is -0.327 e. The molecule has 92 valence electrons. The third kappa shape index (κ3) is 3.23. The molecule has 1 atom stereocenters. The molecule has 5 nitrogen and oxygen atoms in total. The summed E-state index contributed by atoms with van der Waals surface area (Å²) in [5.74, 6) is -0.865. The highest BCUT2D eigenvalue weighted by Crippen LogP contribution is 2.17. The van der Waals surface area contributed by atoms with E-state index in [-0.39, 0.29) is 17.5 Å². The largest absolute Gasteiger partial charge is 0.327 e. The van der Waals surface area contributed by atoms with Crippen molar-refractivity contribution in [1.82, 2.24) is 4.72 Å². The lowest BCUT2D eigenvalue weighted by molar-refractivity contribution is 0.569. The fraction of sp³-hybridized carbons (Fsp3) is 0.300. The molecule has 1 aromatic carbocycles. The molecule has 0 radical (unpaired) electrons. The molecule has 0 saturated carbocycles. The average Bonchev–Trinajstić information content (AvgIpc) is 2.26. The van der Waals surface area contributed by atoms with E-state index < -0.39 is 21.4 Å². The molecular formula is C10H12FN3O2S. The van der Waals surface area contributed by atoms with Crippen molar-refractivity contribution >= 4 is 10.0 Å². The van der Waals surface area contributed by atoms with Gasteiger partial charge in [-0.3, -0.25) is 0 Å². The van der Waals surface area contributed by atoms with E-state index in [1.165, 1.54) is 18.2 Å². The second-order valence-corrected chi connectivity index (χ2v) is 5.29. The quantitative estimate of drug-likeness (QED) is 0.812. The molecule has 1 rings (SSSR count). The Morgan fingerprint density at radius 2 is 2.24 bits per heavy atom. The summed E-state index contributed by atoms with van der Waals surface area (Å²) in [7, 11) is -3.91. The van der Waals surface area contributed by atoms with Crippen molar-refractivity contribution in [3.05, 3.63) is 29.6 Å². The SMILES string of the molecule is CC(N)CNS(=O)(=O)c1cccc(F)c1C#N. The summed E-state index contributed by atoms with van der Waals surface area (Å²) in [6.45, 7) is 1.64. The van der Waals surface area contributed by atoms with Crippen LogP contribution in [0, 0.1) is 17.1 Å². The molecule has 7 heteroatoms. The fourth-order valence-electron chi connectivity index (χ4n) is 1.16. The smallest absolute Gasteiger partial charge is 0.242 e. The summed E-state index contributed by atoms with van der Waals surface area (Å²) in [5.41, 5.74) is 4.92. The van der Waals surface area contributed by atoms with Crippen LogP contribution >= 0.6 is 0 Å². The van der Waals surface area contributed by atoms with E-state index in [4.69, 9.17) is 11.0 Å². The zero-order chi connectivity index (χ0) is 13.1. The average molecular weight is 257 g/mol. The number of hydrogen-bond acceptors (Lipinski definition) is 4. The number of nitrogens with two attached hydrogens (primary N) is 1. The Morgan fingerprint density at radius 3 is 2.76 bits per heavy atom. The van der Waals surface area contributed by atoms with Gasteiger partial charge in [0.25, 0.3) is 0 Å². The normalized spacial score (nSPS) is 13.1. The Balaban J connectivity index is 3.17. The van der Waals surface area contributed by atoms with Crippen LogP contribution < -0.4 is 10.5 Å². The molecule has 0 aromatic heterocycles. The molecule has 0 heterocycles. The number of hydrogen-bond donors (Lipinski definition) is 2. The highest BCUT2D eigenvalue weighted by atomic mass is 32.2. The van der Waals surface area contributed by atoms with Gasteiger partial charge in [0.2, 0.25) is 10.0 Å². The molecule has 1 unspecified atom stereocenters. The Bertz CT molecular complexity index is 549. The summed E-state index contributed by atoms with van der Waals surface area (Å²) in [6, 6.07) is 4.60. The van der Waals surface area contributed by atoms with Gasteiger partial charge in [-0.1, -0.05) is 6.07 Å². The van der Waals surface area contributed by atoms with Crippen LogP contribution in [0.1, 0.15) is 12.5 Å². The van der Waals surface area contributed by atoms with E-state index in [1.807, 2.05) is 0 Å². The van der Waals surface area contributed by atoms with Crippen molar-refractivity contribution in [2.24, 2.45) is 5.73 Å². The second-order valence-electron chi connectivity index (χ2n) is 3.55. The van der Waals surface area contributed by atoms with Crippen molar-refractivity contribution in [2.45, 2.75) is 17.9 Å². The number of nitrogens with one attached hydrogen (secondary N) is 1. The van der Waals surface area contributed by atoms with Gasteiger partial charge in [0, 0.05) is 12.6 Å². The Labute approximate surface area is 99.1 Å². The summed E-state index contributed by atoms with van der Waals surface area (Å²) in [5, 5.41) is 8.73. The predicted molar refractivity (Wildman–Crippen MR) is 60.0 cm³/mol. The first-order valence-corrected chi connectivity index (χ1v) is 6.30. The lowest BCUT2D eigenvalue weighted by atomic mass is 10.2. The van der Waals surface area contributed by atoms with Gasteiger partial charge in [-0.15, -0.1) is 0 Å². The van der Waals surface area contributed by atoms with Gasteiger partial charge in [0.05, 0.1) is 0 Å².